The van der Waals surface area contributed by atoms with Crippen molar-refractivity contribution >= 4 is 53.4 Å². The Morgan fingerprint density at radius 2 is 0.857 bits per heavy atom. The zero-order valence-corrected chi connectivity index (χ0v) is 30.9. The van der Waals surface area contributed by atoms with Gasteiger partial charge in [-0.15, -0.1) is 11.3 Å². The van der Waals surface area contributed by atoms with Crippen LogP contribution in [0.1, 0.15) is 0 Å². The van der Waals surface area contributed by atoms with Crippen molar-refractivity contribution in [2.45, 2.75) is 0 Å². The van der Waals surface area contributed by atoms with Crippen molar-refractivity contribution in [3.05, 3.63) is 188 Å². The molecule has 0 atom stereocenters. The van der Waals surface area contributed by atoms with Crippen LogP contribution in [0, 0.1) is 0 Å². The Hall–Kier alpha value is -7.21. The molecule has 0 saturated heterocycles. The minimum Gasteiger partial charge on any atom is -0.455 e. The van der Waals surface area contributed by atoms with Gasteiger partial charge in [0.2, 0.25) is 0 Å². The van der Waals surface area contributed by atoms with Crippen LogP contribution in [0.3, 0.4) is 0 Å². The number of rotatable bonds is 6. The van der Waals surface area contributed by atoms with Crippen LogP contribution in [0.2, 0.25) is 0 Å². The largest absolute Gasteiger partial charge is 0.455 e. The van der Waals surface area contributed by atoms with Crippen LogP contribution in [0.5, 0.6) is 0 Å². The molecule has 4 nitrogen and oxygen atoms in total. The van der Waals surface area contributed by atoms with Crippen LogP contribution >= 0.6 is 11.3 Å². The van der Waals surface area contributed by atoms with E-state index in [0.717, 1.165) is 60.9 Å². The van der Waals surface area contributed by atoms with E-state index in [-0.39, 0.29) is 0 Å². The van der Waals surface area contributed by atoms with E-state index in [2.05, 4.69) is 127 Å². The molecule has 0 fully saturated rings. The molecule has 11 aromatic rings. The third kappa shape index (κ3) is 5.56. The second-order valence-corrected chi connectivity index (χ2v) is 15.0. The monoisotopic (exact) mass is 733 g/mol. The Kier molecular flexibility index (Phi) is 7.64. The summed E-state index contributed by atoms with van der Waals surface area (Å²) >= 11 is 1.86. The molecule has 0 radical (unpaired) electrons. The SMILES string of the molecule is c1ccc(-c2nc(-c3ccccc3)nc(-c3cccc(-c4ccc5oc6c(-c7cccc(-c8cccc9c8sc8ccccc89)c7)cccc6c5c4)c3)n2)cc1. The molecular weight excluding hydrogens is 703 g/mol. The van der Waals surface area contributed by atoms with E-state index in [1.807, 2.05) is 72.0 Å². The lowest BCUT2D eigenvalue weighted by atomic mass is 9.96. The van der Waals surface area contributed by atoms with E-state index >= 15 is 0 Å². The summed E-state index contributed by atoms with van der Waals surface area (Å²) in [4.78, 5) is 14.8. The molecule has 0 saturated carbocycles. The van der Waals surface area contributed by atoms with Crippen LogP contribution in [-0.4, -0.2) is 15.0 Å². The molecule has 0 unspecified atom stereocenters. The molecule has 0 aliphatic heterocycles. The molecule has 0 spiro atoms. The summed E-state index contributed by atoms with van der Waals surface area (Å²) in [5.74, 6) is 1.92. The van der Waals surface area contributed by atoms with Crippen molar-refractivity contribution in [2.24, 2.45) is 0 Å². The molecule has 0 bridgehead atoms. The Morgan fingerprint density at radius 3 is 1.61 bits per heavy atom. The van der Waals surface area contributed by atoms with Gasteiger partial charge in [0.15, 0.2) is 17.5 Å². The molecule has 3 aromatic heterocycles. The number of fused-ring (bicyclic) bond motifs is 6. The predicted molar refractivity (Wildman–Crippen MR) is 233 cm³/mol. The van der Waals surface area contributed by atoms with E-state index in [1.54, 1.807) is 0 Å². The van der Waals surface area contributed by atoms with Gasteiger partial charge < -0.3 is 4.42 Å². The second-order valence-electron chi connectivity index (χ2n) is 14.0. The van der Waals surface area contributed by atoms with Gasteiger partial charge in [-0.3, -0.25) is 0 Å². The van der Waals surface area contributed by atoms with Crippen molar-refractivity contribution in [2.75, 3.05) is 0 Å². The molecular formula is C51H31N3OS. The van der Waals surface area contributed by atoms with Crippen LogP contribution in [0.25, 0.3) is 110 Å². The summed E-state index contributed by atoms with van der Waals surface area (Å²) in [6, 6.07) is 65.7. The number of thiophene rings is 1. The maximum Gasteiger partial charge on any atom is 0.164 e. The van der Waals surface area contributed by atoms with Gasteiger partial charge in [0.25, 0.3) is 0 Å². The highest BCUT2D eigenvalue weighted by atomic mass is 32.1. The first-order chi connectivity index (χ1) is 27.7. The smallest absolute Gasteiger partial charge is 0.164 e. The molecule has 3 heterocycles. The maximum atomic E-state index is 6.66. The molecule has 8 aromatic carbocycles. The quantitative estimate of drug-likeness (QED) is 0.171. The molecule has 0 aliphatic carbocycles. The lowest BCUT2D eigenvalue weighted by molar-refractivity contribution is 0.670. The molecule has 11 rings (SSSR count). The molecule has 0 aliphatic rings. The van der Waals surface area contributed by atoms with Gasteiger partial charge in [-0.05, 0) is 58.1 Å². The summed E-state index contributed by atoms with van der Waals surface area (Å²) in [5, 5.41) is 4.78. The highest BCUT2D eigenvalue weighted by molar-refractivity contribution is 7.26. The van der Waals surface area contributed by atoms with Gasteiger partial charge in [-0.25, -0.2) is 15.0 Å². The zero-order valence-electron chi connectivity index (χ0n) is 30.1. The normalized spacial score (nSPS) is 11.6. The summed E-state index contributed by atoms with van der Waals surface area (Å²) < 4.78 is 9.29. The van der Waals surface area contributed by atoms with Crippen molar-refractivity contribution < 1.29 is 4.42 Å². The topological polar surface area (TPSA) is 51.8 Å². The summed E-state index contributed by atoms with van der Waals surface area (Å²) in [5.41, 5.74) is 11.4. The van der Waals surface area contributed by atoms with E-state index < -0.39 is 0 Å². The third-order valence-corrected chi connectivity index (χ3v) is 11.8. The average Bonchev–Trinajstić information content (AvgIpc) is 3.85. The summed E-state index contributed by atoms with van der Waals surface area (Å²) in [6.45, 7) is 0. The Bertz CT molecular complexity index is 3200. The number of furan rings is 1. The van der Waals surface area contributed by atoms with Crippen molar-refractivity contribution in [1.29, 1.82) is 0 Å². The first-order valence-electron chi connectivity index (χ1n) is 18.7. The third-order valence-electron chi connectivity index (χ3n) is 10.5. The van der Waals surface area contributed by atoms with Gasteiger partial charge in [0, 0.05) is 53.2 Å². The predicted octanol–water partition coefficient (Wildman–Crippen LogP) is 14.1. The van der Waals surface area contributed by atoms with E-state index in [9.17, 15) is 0 Å². The first kappa shape index (κ1) is 32.2. The minimum atomic E-state index is 0.629. The number of benzene rings is 8. The van der Waals surface area contributed by atoms with Crippen LogP contribution in [-0.2, 0) is 0 Å². The van der Waals surface area contributed by atoms with Crippen molar-refractivity contribution in [3.63, 3.8) is 0 Å². The van der Waals surface area contributed by atoms with Crippen LogP contribution in [0.15, 0.2) is 192 Å². The second kappa shape index (κ2) is 13.3. The minimum absolute atomic E-state index is 0.629. The summed E-state index contributed by atoms with van der Waals surface area (Å²) in [7, 11) is 0. The fourth-order valence-corrected chi connectivity index (χ4v) is 9.05. The highest BCUT2D eigenvalue weighted by Crippen LogP contribution is 2.42. The van der Waals surface area contributed by atoms with E-state index in [0.29, 0.717) is 17.5 Å². The van der Waals surface area contributed by atoms with Gasteiger partial charge >= 0.3 is 0 Å². The zero-order chi connectivity index (χ0) is 37.0. The van der Waals surface area contributed by atoms with Crippen LogP contribution < -0.4 is 0 Å². The fourth-order valence-electron chi connectivity index (χ4n) is 7.81. The van der Waals surface area contributed by atoms with Gasteiger partial charge in [-0.2, -0.15) is 0 Å². The van der Waals surface area contributed by atoms with Crippen molar-refractivity contribution in [3.8, 4) is 67.5 Å². The molecule has 0 amide bonds. The lowest BCUT2D eigenvalue weighted by Crippen LogP contribution is -2.00. The molecule has 56 heavy (non-hydrogen) atoms. The highest BCUT2D eigenvalue weighted by Gasteiger charge is 2.17. The first-order valence-corrected chi connectivity index (χ1v) is 19.5. The Balaban J connectivity index is 0.983. The van der Waals surface area contributed by atoms with Gasteiger partial charge in [-0.1, -0.05) is 158 Å². The van der Waals surface area contributed by atoms with E-state index in [1.165, 1.54) is 31.3 Å². The number of aromatic nitrogens is 3. The summed E-state index contributed by atoms with van der Waals surface area (Å²) in [6.07, 6.45) is 0. The standard InChI is InChI=1S/C51H31N3OS/c1-3-13-32(14-4-1)49-52-50(33-15-5-2-6-16-33)54-51(53-49)38-20-9-17-34(29-38)35-27-28-45-44(31-35)42-24-11-22-39(47(42)55-45)36-18-10-19-37(30-36)40-23-12-25-43-41-21-7-8-26-46(41)56-48(40)43/h1-31H. The number of nitrogens with zero attached hydrogens (tertiary/aromatic N) is 3. The molecule has 5 heteroatoms. The van der Waals surface area contributed by atoms with Gasteiger partial charge in [0.05, 0.1) is 0 Å². The van der Waals surface area contributed by atoms with Gasteiger partial charge in [0.1, 0.15) is 11.2 Å². The van der Waals surface area contributed by atoms with E-state index in [4.69, 9.17) is 19.4 Å². The van der Waals surface area contributed by atoms with Crippen LogP contribution in [0.4, 0.5) is 0 Å². The molecule has 262 valence electrons. The lowest BCUT2D eigenvalue weighted by Gasteiger charge is -2.09. The Labute approximate surface area is 327 Å². The maximum absolute atomic E-state index is 6.66. The average molecular weight is 734 g/mol. The fraction of sp³-hybridized carbons (Fsp3) is 0. The molecule has 0 N–H and O–H groups in total. The number of hydrogen-bond acceptors (Lipinski definition) is 5. The van der Waals surface area contributed by atoms with Crippen molar-refractivity contribution in [1.82, 2.24) is 15.0 Å². The number of hydrogen-bond donors (Lipinski definition) is 0. The number of para-hydroxylation sites is 1. The Morgan fingerprint density at radius 1 is 0.339 bits per heavy atom.